The van der Waals surface area contributed by atoms with E-state index in [1.807, 2.05) is 0 Å². The third-order valence-corrected chi connectivity index (χ3v) is 3.22. The van der Waals surface area contributed by atoms with Gasteiger partial charge in [0.1, 0.15) is 0 Å². The maximum atomic E-state index is 9.69. The number of aliphatic hydroxyl groups is 1. The van der Waals surface area contributed by atoms with Gasteiger partial charge in [0.05, 0.1) is 6.10 Å². The van der Waals surface area contributed by atoms with Crippen molar-refractivity contribution >= 4 is 0 Å². The quantitative estimate of drug-likeness (QED) is 0.723. The van der Waals surface area contributed by atoms with Crippen molar-refractivity contribution in [3.8, 4) is 0 Å². The Balaban J connectivity index is 2.36. The monoisotopic (exact) mass is 185 g/mol. The van der Waals surface area contributed by atoms with Crippen molar-refractivity contribution < 1.29 is 5.11 Å². The van der Waals surface area contributed by atoms with Gasteiger partial charge in [0.25, 0.3) is 0 Å². The second-order valence-electron chi connectivity index (χ2n) is 4.44. The van der Waals surface area contributed by atoms with Gasteiger partial charge in [-0.2, -0.15) is 0 Å². The second-order valence-corrected chi connectivity index (χ2v) is 4.44. The standard InChI is InChI=1S/C11H23NO/c1-4-12(9(2)3)8-10-6-5-7-11(10)13/h9-11,13H,4-8H2,1-3H3. The average molecular weight is 185 g/mol. The molecule has 1 aliphatic carbocycles. The summed E-state index contributed by atoms with van der Waals surface area (Å²) in [5, 5.41) is 9.69. The zero-order valence-electron chi connectivity index (χ0n) is 9.16. The fourth-order valence-electron chi connectivity index (χ4n) is 2.24. The first-order chi connectivity index (χ1) is 6.15. The van der Waals surface area contributed by atoms with Crippen LogP contribution in [0.2, 0.25) is 0 Å². The maximum Gasteiger partial charge on any atom is 0.0580 e. The largest absolute Gasteiger partial charge is 0.393 e. The Morgan fingerprint density at radius 3 is 2.46 bits per heavy atom. The lowest BCUT2D eigenvalue weighted by Crippen LogP contribution is -2.37. The van der Waals surface area contributed by atoms with Gasteiger partial charge in [-0.05, 0) is 39.2 Å². The normalized spacial score (nSPS) is 29.1. The van der Waals surface area contributed by atoms with Crippen molar-refractivity contribution in [2.45, 2.75) is 52.2 Å². The highest BCUT2D eigenvalue weighted by molar-refractivity contribution is 4.80. The summed E-state index contributed by atoms with van der Waals surface area (Å²) in [7, 11) is 0. The molecule has 2 nitrogen and oxygen atoms in total. The van der Waals surface area contributed by atoms with Gasteiger partial charge >= 0.3 is 0 Å². The summed E-state index contributed by atoms with van der Waals surface area (Å²) in [6.45, 7) is 8.83. The zero-order chi connectivity index (χ0) is 9.84. The number of nitrogens with zero attached hydrogens (tertiary/aromatic N) is 1. The van der Waals surface area contributed by atoms with Crippen molar-refractivity contribution in [2.24, 2.45) is 5.92 Å². The second kappa shape index (κ2) is 4.97. The van der Waals surface area contributed by atoms with Crippen LogP contribution < -0.4 is 0 Å². The zero-order valence-corrected chi connectivity index (χ0v) is 9.16. The molecule has 0 aromatic heterocycles. The molecule has 0 aliphatic heterocycles. The molecule has 78 valence electrons. The summed E-state index contributed by atoms with van der Waals surface area (Å²) in [5.74, 6) is 0.530. The first-order valence-corrected chi connectivity index (χ1v) is 5.57. The average Bonchev–Trinajstić information content (AvgIpc) is 2.46. The summed E-state index contributed by atoms with van der Waals surface area (Å²) in [6.07, 6.45) is 3.40. The fraction of sp³-hybridized carbons (Fsp3) is 1.00. The lowest BCUT2D eigenvalue weighted by Gasteiger charge is -2.29. The molecule has 0 spiro atoms. The van der Waals surface area contributed by atoms with Crippen LogP contribution in [0.4, 0.5) is 0 Å². The van der Waals surface area contributed by atoms with E-state index < -0.39 is 0 Å². The molecule has 1 N–H and O–H groups in total. The van der Waals surface area contributed by atoms with Crippen LogP contribution in [-0.4, -0.2) is 35.2 Å². The SMILES string of the molecule is CCN(CC1CCCC1O)C(C)C. The van der Waals surface area contributed by atoms with Crippen LogP contribution in [0.5, 0.6) is 0 Å². The molecule has 0 heterocycles. The van der Waals surface area contributed by atoms with E-state index in [0.717, 1.165) is 19.5 Å². The Hall–Kier alpha value is -0.0800. The molecular weight excluding hydrogens is 162 g/mol. The number of rotatable bonds is 4. The van der Waals surface area contributed by atoms with E-state index in [0.29, 0.717) is 12.0 Å². The Bertz CT molecular complexity index is 147. The third kappa shape index (κ3) is 2.96. The molecule has 0 radical (unpaired) electrons. The van der Waals surface area contributed by atoms with E-state index in [9.17, 15) is 5.11 Å². The summed E-state index contributed by atoms with van der Waals surface area (Å²) in [4.78, 5) is 2.44. The molecule has 2 heteroatoms. The minimum absolute atomic E-state index is 0.0344. The smallest absolute Gasteiger partial charge is 0.0580 e. The first kappa shape index (κ1) is 11.0. The highest BCUT2D eigenvalue weighted by Gasteiger charge is 2.27. The van der Waals surface area contributed by atoms with Gasteiger partial charge in [-0.15, -0.1) is 0 Å². The van der Waals surface area contributed by atoms with Gasteiger partial charge in [-0.1, -0.05) is 13.3 Å². The Morgan fingerprint density at radius 2 is 2.08 bits per heavy atom. The summed E-state index contributed by atoms with van der Waals surface area (Å²) in [6, 6.07) is 0.609. The fourth-order valence-corrected chi connectivity index (χ4v) is 2.24. The van der Waals surface area contributed by atoms with Crippen molar-refractivity contribution in [3.63, 3.8) is 0 Å². The van der Waals surface area contributed by atoms with E-state index in [1.165, 1.54) is 12.8 Å². The number of hydrogen-bond acceptors (Lipinski definition) is 2. The molecule has 13 heavy (non-hydrogen) atoms. The Morgan fingerprint density at radius 1 is 1.38 bits per heavy atom. The van der Waals surface area contributed by atoms with E-state index in [4.69, 9.17) is 0 Å². The molecular formula is C11H23NO. The molecule has 0 aromatic rings. The summed E-state index contributed by atoms with van der Waals surface area (Å²) >= 11 is 0. The van der Waals surface area contributed by atoms with Crippen molar-refractivity contribution in [2.75, 3.05) is 13.1 Å². The minimum Gasteiger partial charge on any atom is -0.393 e. The Labute approximate surface area is 81.9 Å². The molecule has 1 aliphatic rings. The summed E-state index contributed by atoms with van der Waals surface area (Å²) in [5.41, 5.74) is 0. The van der Waals surface area contributed by atoms with E-state index in [2.05, 4.69) is 25.7 Å². The highest BCUT2D eigenvalue weighted by atomic mass is 16.3. The van der Waals surface area contributed by atoms with E-state index >= 15 is 0 Å². The van der Waals surface area contributed by atoms with Crippen molar-refractivity contribution in [1.29, 1.82) is 0 Å². The van der Waals surface area contributed by atoms with E-state index in [-0.39, 0.29) is 6.10 Å². The van der Waals surface area contributed by atoms with Gasteiger partial charge in [-0.25, -0.2) is 0 Å². The van der Waals surface area contributed by atoms with Crippen LogP contribution in [0.25, 0.3) is 0 Å². The minimum atomic E-state index is -0.0344. The van der Waals surface area contributed by atoms with Crippen LogP contribution in [-0.2, 0) is 0 Å². The lowest BCUT2D eigenvalue weighted by atomic mass is 10.0. The molecule has 2 atom stereocenters. The predicted molar refractivity (Wildman–Crippen MR) is 55.7 cm³/mol. The molecule has 0 aromatic carbocycles. The molecule has 1 saturated carbocycles. The van der Waals surface area contributed by atoms with Crippen LogP contribution in [0, 0.1) is 5.92 Å². The van der Waals surface area contributed by atoms with Gasteiger partial charge in [-0.3, -0.25) is 0 Å². The molecule has 2 unspecified atom stereocenters. The lowest BCUT2D eigenvalue weighted by molar-refractivity contribution is 0.0934. The number of hydrogen-bond donors (Lipinski definition) is 1. The van der Waals surface area contributed by atoms with Gasteiger partial charge in [0, 0.05) is 12.6 Å². The maximum absolute atomic E-state index is 9.69. The van der Waals surface area contributed by atoms with Gasteiger partial charge in [0.2, 0.25) is 0 Å². The summed E-state index contributed by atoms with van der Waals surface area (Å²) < 4.78 is 0. The topological polar surface area (TPSA) is 23.5 Å². The molecule has 0 saturated heterocycles. The van der Waals surface area contributed by atoms with Gasteiger partial charge < -0.3 is 10.0 Å². The predicted octanol–water partition coefficient (Wildman–Crippen LogP) is 1.88. The van der Waals surface area contributed by atoms with Crippen molar-refractivity contribution in [1.82, 2.24) is 4.90 Å². The molecule has 0 amide bonds. The van der Waals surface area contributed by atoms with Crippen LogP contribution in [0.1, 0.15) is 40.0 Å². The van der Waals surface area contributed by atoms with Crippen molar-refractivity contribution in [3.05, 3.63) is 0 Å². The van der Waals surface area contributed by atoms with Crippen LogP contribution in [0.3, 0.4) is 0 Å². The molecule has 0 bridgehead atoms. The third-order valence-electron chi connectivity index (χ3n) is 3.22. The first-order valence-electron chi connectivity index (χ1n) is 5.57. The van der Waals surface area contributed by atoms with Crippen LogP contribution in [0.15, 0.2) is 0 Å². The van der Waals surface area contributed by atoms with Crippen LogP contribution >= 0.6 is 0 Å². The molecule has 1 fully saturated rings. The van der Waals surface area contributed by atoms with Gasteiger partial charge in [0.15, 0.2) is 0 Å². The number of aliphatic hydroxyl groups excluding tert-OH is 1. The molecule has 1 rings (SSSR count). The highest BCUT2D eigenvalue weighted by Crippen LogP contribution is 2.26. The Kier molecular flexibility index (Phi) is 4.20. The van der Waals surface area contributed by atoms with E-state index in [1.54, 1.807) is 0 Å².